The van der Waals surface area contributed by atoms with Gasteiger partial charge >= 0.3 is 12.1 Å². The van der Waals surface area contributed by atoms with E-state index in [0.29, 0.717) is 12.8 Å². The summed E-state index contributed by atoms with van der Waals surface area (Å²) in [7, 11) is 0. The van der Waals surface area contributed by atoms with E-state index in [1.54, 1.807) is 0 Å². The average molecular weight is 490 g/mol. The number of ether oxygens (including phenoxy) is 3. The van der Waals surface area contributed by atoms with Gasteiger partial charge in [-0.15, -0.1) is 0 Å². The summed E-state index contributed by atoms with van der Waals surface area (Å²) < 4.78 is 15.3. The third-order valence-corrected chi connectivity index (χ3v) is 5.31. The van der Waals surface area contributed by atoms with E-state index in [1.807, 2.05) is 30.3 Å². The summed E-state index contributed by atoms with van der Waals surface area (Å²) in [6, 6.07) is 8.68. The number of hydrogen-bond donors (Lipinski definition) is 1. The van der Waals surface area contributed by atoms with Crippen LogP contribution in [0, 0.1) is 5.92 Å². The van der Waals surface area contributed by atoms with Crippen LogP contribution in [0.3, 0.4) is 0 Å². The third-order valence-electron chi connectivity index (χ3n) is 5.31. The van der Waals surface area contributed by atoms with Crippen LogP contribution in [0.25, 0.3) is 0 Å². The Kier molecular flexibility index (Phi) is 11.2. The molecule has 2 rings (SSSR count). The highest BCUT2D eigenvalue weighted by atomic mass is 16.6. The zero-order valence-electron chi connectivity index (χ0n) is 19.9. The van der Waals surface area contributed by atoms with E-state index in [4.69, 9.17) is 19.3 Å². The molecule has 0 aromatic heterocycles. The van der Waals surface area contributed by atoms with Crippen LogP contribution >= 0.6 is 0 Å². The van der Waals surface area contributed by atoms with Crippen LogP contribution in [0.4, 0.5) is 4.79 Å². The smallest absolute Gasteiger partial charge is 0.416 e. The molecule has 1 aromatic rings. The Labute approximate surface area is 203 Å². The molecule has 0 radical (unpaired) electrons. The number of aliphatic hydroxyl groups is 1. The second kappa shape index (κ2) is 14.1. The molecule has 0 bridgehead atoms. The number of aliphatic hydroxyl groups excluding tert-OH is 1. The highest BCUT2D eigenvalue weighted by molar-refractivity contribution is 6.04. The zero-order valence-corrected chi connectivity index (χ0v) is 19.9. The van der Waals surface area contributed by atoms with E-state index in [-0.39, 0.29) is 38.6 Å². The first kappa shape index (κ1) is 27.9. The summed E-state index contributed by atoms with van der Waals surface area (Å²) >= 11 is 0. The highest BCUT2D eigenvalue weighted by Crippen LogP contribution is 2.23. The van der Waals surface area contributed by atoms with Crippen molar-refractivity contribution < 1.29 is 43.3 Å². The number of benzene rings is 1. The van der Waals surface area contributed by atoms with E-state index >= 15 is 0 Å². The van der Waals surface area contributed by atoms with Gasteiger partial charge in [0.05, 0.1) is 25.2 Å². The van der Waals surface area contributed by atoms with Crippen LogP contribution in [0.5, 0.6) is 0 Å². The van der Waals surface area contributed by atoms with E-state index < -0.39 is 41.8 Å². The van der Waals surface area contributed by atoms with Gasteiger partial charge in [-0.1, -0.05) is 30.3 Å². The minimum absolute atomic E-state index is 0.00872. The molecule has 1 aliphatic rings. The fourth-order valence-corrected chi connectivity index (χ4v) is 3.57. The molecule has 10 nitrogen and oxygen atoms in total. The molecule has 3 atom stereocenters. The third kappa shape index (κ3) is 8.73. The lowest BCUT2D eigenvalue weighted by atomic mass is 9.97. The van der Waals surface area contributed by atoms with Crippen LogP contribution in [0.2, 0.25) is 0 Å². The van der Waals surface area contributed by atoms with Crippen LogP contribution in [-0.2, 0) is 39.8 Å². The number of carbonyl (C=O) groups is 5. The maximum atomic E-state index is 13.2. The molecular formula is C25H31NO9. The van der Waals surface area contributed by atoms with Gasteiger partial charge in [-0.2, -0.15) is 0 Å². The Hall–Kier alpha value is -3.37. The van der Waals surface area contributed by atoms with Crippen molar-refractivity contribution >= 4 is 29.5 Å². The fraction of sp³-hybridized carbons (Fsp3) is 0.480. The molecule has 190 valence electrons. The van der Waals surface area contributed by atoms with E-state index in [1.165, 1.54) is 6.92 Å². The van der Waals surface area contributed by atoms with Crippen LogP contribution in [0.15, 0.2) is 42.5 Å². The molecule has 10 heteroatoms. The maximum Gasteiger partial charge on any atom is 0.416 e. The molecule has 0 spiro atoms. The quantitative estimate of drug-likeness (QED) is 0.235. The van der Waals surface area contributed by atoms with Gasteiger partial charge in [-0.3, -0.25) is 19.2 Å². The number of esters is 1. The van der Waals surface area contributed by atoms with E-state index in [0.717, 1.165) is 29.5 Å². The first-order chi connectivity index (χ1) is 16.7. The van der Waals surface area contributed by atoms with Gasteiger partial charge in [0.2, 0.25) is 5.91 Å². The van der Waals surface area contributed by atoms with E-state index in [9.17, 15) is 24.0 Å². The van der Waals surface area contributed by atoms with Crippen molar-refractivity contribution in [1.82, 2.24) is 4.90 Å². The highest BCUT2D eigenvalue weighted by Gasteiger charge is 2.43. The topological polar surface area (TPSA) is 137 Å². The number of carbonyl (C=O) groups excluding carboxylic acids is 5. The molecule has 35 heavy (non-hydrogen) atoms. The monoisotopic (exact) mass is 489 g/mol. The normalized spacial score (nSPS) is 17.2. The molecule has 2 amide bonds. The van der Waals surface area contributed by atoms with Gasteiger partial charge in [0.1, 0.15) is 6.61 Å². The Morgan fingerprint density at radius 1 is 1.17 bits per heavy atom. The van der Waals surface area contributed by atoms with Crippen molar-refractivity contribution in [2.45, 2.75) is 45.3 Å². The number of cyclic esters (lactones) is 1. The summed E-state index contributed by atoms with van der Waals surface area (Å²) in [5, 5.41) is 8.65. The fourth-order valence-electron chi connectivity index (χ4n) is 3.57. The van der Waals surface area contributed by atoms with E-state index in [2.05, 4.69) is 0 Å². The van der Waals surface area contributed by atoms with Crippen molar-refractivity contribution in [2.75, 3.05) is 26.4 Å². The molecule has 1 heterocycles. The minimum Gasteiger partial charge on any atom is -0.453 e. The molecule has 1 aliphatic heterocycles. The van der Waals surface area contributed by atoms with Crippen molar-refractivity contribution in [3.8, 4) is 0 Å². The average Bonchev–Trinajstić information content (AvgIpc) is 3.20. The molecule has 1 N–H and O–H groups in total. The molecule has 1 aromatic carbocycles. The number of amides is 2. The summed E-state index contributed by atoms with van der Waals surface area (Å²) in [6.07, 6.45) is 0.576. The zero-order chi connectivity index (χ0) is 25.8. The van der Waals surface area contributed by atoms with Gasteiger partial charge in [-0.05, 0) is 37.5 Å². The van der Waals surface area contributed by atoms with Crippen LogP contribution in [0.1, 0.15) is 32.3 Å². The van der Waals surface area contributed by atoms with Crippen molar-refractivity contribution in [2.24, 2.45) is 5.92 Å². The van der Waals surface area contributed by atoms with Gasteiger partial charge in [0, 0.05) is 20.0 Å². The Morgan fingerprint density at radius 3 is 2.54 bits per heavy atom. The molecule has 1 saturated heterocycles. The maximum absolute atomic E-state index is 13.2. The van der Waals surface area contributed by atoms with Crippen molar-refractivity contribution in [3.63, 3.8) is 0 Å². The summed E-state index contributed by atoms with van der Waals surface area (Å²) in [6.45, 7) is 2.84. The second-order valence-corrected chi connectivity index (χ2v) is 8.09. The standard InChI is InChI=1S/C25H31NO9/c1-17(24(31)26-20(16-34-25(26)32)15-19-7-4-3-5-8-19)23(35-18(2)28)22(30)11-10-21(29)9-6-13-33-14-12-27/h3-5,7-8,10-11,17,20,23,27H,6,9,12-16H2,1-2H3/t17-,20-,23-/m1/s1. The van der Waals surface area contributed by atoms with Crippen molar-refractivity contribution in [3.05, 3.63) is 48.0 Å². The molecular weight excluding hydrogens is 458 g/mol. The lowest BCUT2D eigenvalue weighted by molar-refractivity contribution is -0.158. The van der Waals surface area contributed by atoms with Crippen LogP contribution in [-0.4, -0.2) is 78.1 Å². The number of ketones is 2. The SMILES string of the molecule is CC(=O)O[C@@H](C(=O)C=CC(=O)CCCOCCO)[C@@H](C)C(=O)N1C(=O)OC[C@H]1Cc1ccccc1. The summed E-state index contributed by atoms with van der Waals surface area (Å²) in [5.74, 6) is -3.79. The number of imide groups is 1. The van der Waals surface area contributed by atoms with Crippen molar-refractivity contribution in [1.29, 1.82) is 0 Å². The molecule has 0 unspecified atom stereocenters. The van der Waals surface area contributed by atoms with Crippen LogP contribution < -0.4 is 0 Å². The largest absolute Gasteiger partial charge is 0.453 e. The first-order valence-electron chi connectivity index (χ1n) is 11.4. The predicted molar refractivity (Wildman–Crippen MR) is 123 cm³/mol. The number of nitrogens with zero attached hydrogens (tertiary/aromatic N) is 1. The van der Waals surface area contributed by atoms with Gasteiger partial charge in [-0.25, -0.2) is 9.69 Å². The Morgan fingerprint density at radius 2 is 1.89 bits per heavy atom. The predicted octanol–water partition coefficient (Wildman–Crippen LogP) is 1.63. The Balaban J connectivity index is 2.06. The molecule has 0 saturated carbocycles. The molecule has 0 aliphatic carbocycles. The second-order valence-electron chi connectivity index (χ2n) is 8.09. The number of rotatable bonds is 14. The number of hydrogen-bond acceptors (Lipinski definition) is 9. The molecule has 1 fully saturated rings. The van der Waals surface area contributed by atoms with Gasteiger partial charge in [0.15, 0.2) is 17.7 Å². The van der Waals surface area contributed by atoms with Gasteiger partial charge < -0.3 is 19.3 Å². The summed E-state index contributed by atoms with van der Waals surface area (Å²) in [4.78, 5) is 62.9. The first-order valence-corrected chi connectivity index (χ1v) is 11.4. The summed E-state index contributed by atoms with van der Waals surface area (Å²) in [5.41, 5.74) is 0.900. The lowest BCUT2D eigenvalue weighted by Crippen LogP contribution is -2.48. The van der Waals surface area contributed by atoms with Gasteiger partial charge in [0.25, 0.3) is 0 Å². The number of allylic oxidation sites excluding steroid dienone is 1. The minimum atomic E-state index is -1.51. The lowest BCUT2D eigenvalue weighted by Gasteiger charge is -2.26. The Bertz CT molecular complexity index is 928.